The highest BCUT2D eigenvalue weighted by Crippen LogP contribution is 2.46. The lowest BCUT2D eigenvalue weighted by molar-refractivity contribution is -0.115. The smallest absolute Gasteiger partial charge is 0.339 e. The van der Waals surface area contributed by atoms with Gasteiger partial charge in [0.1, 0.15) is 5.82 Å². The molecule has 2 saturated carbocycles. The van der Waals surface area contributed by atoms with E-state index >= 15 is 0 Å². The summed E-state index contributed by atoms with van der Waals surface area (Å²) in [6.07, 6.45) is 4.68. The monoisotopic (exact) mass is 386 g/mol. The van der Waals surface area contributed by atoms with Crippen molar-refractivity contribution in [3.8, 4) is 0 Å². The van der Waals surface area contributed by atoms with Gasteiger partial charge in [0.25, 0.3) is 0 Å². The Morgan fingerprint density at radius 2 is 1.96 bits per heavy atom. The zero-order valence-corrected chi connectivity index (χ0v) is 16.2. The minimum atomic E-state index is -0.458. The fourth-order valence-electron chi connectivity index (χ4n) is 3.09. The molecule has 0 unspecified atom stereocenters. The number of amides is 1. The number of rotatable bonds is 7. The van der Waals surface area contributed by atoms with E-state index in [0.29, 0.717) is 23.2 Å². The molecule has 142 valence electrons. The molecule has 2 aromatic rings. The van der Waals surface area contributed by atoms with Gasteiger partial charge in [-0.1, -0.05) is 23.9 Å². The van der Waals surface area contributed by atoms with Crippen LogP contribution in [0.1, 0.15) is 53.8 Å². The van der Waals surface area contributed by atoms with Crippen LogP contribution in [0.25, 0.3) is 0 Å². The molecule has 2 fully saturated rings. The van der Waals surface area contributed by atoms with Crippen molar-refractivity contribution in [2.24, 2.45) is 0 Å². The van der Waals surface area contributed by atoms with Gasteiger partial charge in [0.15, 0.2) is 5.16 Å². The second kappa shape index (κ2) is 7.34. The molecule has 2 aliphatic rings. The van der Waals surface area contributed by atoms with Crippen LogP contribution in [-0.4, -0.2) is 46.6 Å². The van der Waals surface area contributed by atoms with Crippen molar-refractivity contribution in [1.82, 2.24) is 14.8 Å². The average Bonchev–Trinajstić information content (AvgIpc) is 3.63. The molecule has 0 bridgehead atoms. The number of aromatic nitrogens is 3. The second-order valence-corrected chi connectivity index (χ2v) is 7.91. The van der Waals surface area contributed by atoms with Crippen LogP contribution in [0.3, 0.4) is 0 Å². The average molecular weight is 386 g/mol. The lowest BCUT2D eigenvalue weighted by atomic mass is 10.1. The van der Waals surface area contributed by atoms with Crippen LogP contribution in [0, 0.1) is 0 Å². The highest BCUT2D eigenvalue weighted by Gasteiger charge is 2.36. The SMILES string of the molecule is COC(=O)c1ccccc1N(C)C(=O)CSc1nnc(C2CC2)n1C1CC1. The molecule has 2 aliphatic carbocycles. The molecule has 7 nitrogen and oxygen atoms in total. The molecular formula is C19H22N4O3S. The van der Waals surface area contributed by atoms with Crippen molar-refractivity contribution in [3.63, 3.8) is 0 Å². The Bertz CT molecular complexity index is 874. The van der Waals surface area contributed by atoms with Crippen molar-refractivity contribution in [3.05, 3.63) is 35.7 Å². The van der Waals surface area contributed by atoms with Crippen LogP contribution in [-0.2, 0) is 9.53 Å². The number of hydrogen-bond donors (Lipinski definition) is 0. The van der Waals surface area contributed by atoms with E-state index in [1.807, 2.05) is 0 Å². The van der Waals surface area contributed by atoms with Gasteiger partial charge in [0.2, 0.25) is 5.91 Å². The van der Waals surface area contributed by atoms with E-state index in [4.69, 9.17) is 4.74 Å². The summed E-state index contributed by atoms with van der Waals surface area (Å²) in [5.74, 6) is 1.30. The van der Waals surface area contributed by atoms with Crippen molar-refractivity contribution in [2.75, 3.05) is 24.8 Å². The van der Waals surface area contributed by atoms with E-state index in [1.54, 1.807) is 31.3 Å². The van der Waals surface area contributed by atoms with E-state index in [9.17, 15) is 9.59 Å². The summed E-state index contributed by atoms with van der Waals surface area (Å²) >= 11 is 1.41. The molecule has 1 amide bonds. The third-order valence-electron chi connectivity index (χ3n) is 4.91. The maximum absolute atomic E-state index is 12.7. The summed E-state index contributed by atoms with van der Waals surface area (Å²) in [7, 11) is 3.00. The molecule has 8 heteroatoms. The molecule has 0 spiro atoms. The highest BCUT2D eigenvalue weighted by atomic mass is 32.2. The first-order valence-electron chi connectivity index (χ1n) is 9.11. The minimum Gasteiger partial charge on any atom is -0.465 e. The summed E-state index contributed by atoms with van der Waals surface area (Å²) in [5, 5.41) is 9.53. The van der Waals surface area contributed by atoms with E-state index < -0.39 is 5.97 Å². The molecule has 1 heterocycles. The number of benzene rings is 1. The number of thioether (sulfide) groups is 1. The number of para-hydroxylation sites is 1. The second-order valence-electron chi connectivity index (χ2n) is 6.97. The van der Waals surface area contributed by atoms with Gasteiger partial charge < -0.3 is 14.2 Å². The van der Waals surface area contributed by atoms with Gasteiger partial charge in [-0.3, -0.25) is 4.79 Å². The number of carbonyl (C=O) groups is 2. The summed E-state index contributed by atoms with van der Waals surface area (Å²) in [6.45, 7) is 0. The lowest BCUT2D eigenvalue weighted by Crippen LogP contribution is -2.29. The Kier molecular flexibility index (Phi) is 4.90. The maximum atomic E-state index is 12.7. The Hall–Kier alpha value is -2.35. The number of ether oxygens (including phenoxy) is 1. The van der Waals surface area contributed by atoms with Gasteiger partial charge in [0, 0.05) is 19.0 Å². The van der Waals surface area contributed by atoms with Gasteiger partial charge >= 0.3 is 5.97 Å². The predicted octanol–water partition coefficient (Wildman–Crippen LogP) is 3.03. The van der Waals surface area contributed by atoms with Crippen LogP contribution >= 0.6 is 11.8 Å². The quantitative estimate of drug-likeness (QED) is 0.538. The van der Waals surface area contributed by atoms with E-state index in [2.05, 4.69) is 14.8 Å². The van der Waals surface area contributed by atoms with Crippen molar-refractivity contribution in [1.29, 1.82) is 0 Å². The molecule has 0 radical (unpaired) electrons. The third kappa shape index (κ3) is 3.71. The number of nitrogens with zero attached hydrogens (tertiary/aromatic N) is 4. The largest absolute Gasteiger partial charge is 0.465 e. The van der Waals surface area contributed by atoms with Crippen LogP contribution in [0.4, 0.5) is 5.69 Å². The van der Waals surface area contributed by atoms with Crippen LogP contribution in [0.2, 0.25) is 0 Å². The molecule has 4 rings (SSSR count). The Morgan fingerprint density at radius 3 is 2.63 bits per heavy atom. The molecular weight excluding hydrogens is 364 g/mol. The number of hydrogen-bond acceptors (Lipinski definition) is 6. The topological polar surface area (TPSA) is 77.3 Å². The number of carbonyl (C=O) groups excluding carboxylic acids is 2. The molecule has 0 N–H and O–H groups in total. The molecule has 0 atom stereocenters. The van der Waals surface area contributed by atoms with Gasteiger partial charge in [-0.15, -0.1) is 10.2 Å². The summed E-state index contributed by atoms with van der Waals surface area (Å²) in [4.78, 5) is 26.2. The Labute approximate surface area is 162 Å². The number of methoxy groups -OCH3 is 1. The molecule has 27 heavy (non-hydrogen) atoms. The standard InChI is InChI=1S/C19H22N4O3S/c1-22(15-6-4-3-5-14(15)18(25)26-2)16(24)11-27-19-21-20-17(12-7-8-12)23(19)13-9-10-13/h3-6,12-13H,7-11H2,1-2H3. The normalized spacial score (nSPS) is 16.2. The first kappa shape index (κ1) is 18.0. The van der Waals surface area contributed by atoms with Gasteiger partial charge in [0.05, 0.1) is 24.1 Å². The molecule has 1 aromatic heterocycles. The third-order valence-corrected chi connectivity index (χ3v) is 5.84. The molecule has 1 aromatic carbocycles. The zero-order valence-electron chi connectivity index (χ0n) is 15.4. The van der Waals surface area contributed by atoms with E-state index in [0.717, 1.165) is 23.8 Å². The maximum Gasteiger partial charge on any atom is 0.339 e. The van der Waals surface area contributed by atoms with E-state index in [1.165, 1.54) is 36.6 Å². The summed E-state index contributed by atoms with van der Waals surface area (Å²) in [6, 6.07) is 7.44. The molecule has 0 saturated heterocycles. The van der Waals surface area contributed by atoms with Crippen molar-refractivity contribution >= 4 is 29.3 Å². The fourth-order valence-corrected chi connectivity index (χ4v) is 4.02. The minimum absolute atomic E-state index is 0.102. The van der Waals surface area contributed by atoms with Crippen LogP contribution in [0.15, 0.2) is 29.4 Å². The Morgan fingerprint density at radius 1 is 1.22 bits per heavy atom. The van der Waals surface area contributed by atoms with Crippen LogP contribution < -0.4 is 4.90 Å². The van der Waals surface area contributed by atoms with Gasteiger partial charge in [-0.25, -0.2) is 4.79 Å². The van der Waals surface area contributed by atoms with Crippen molar-refractivity contribution < 1.29 is 14.3 Å². The fraction of sp³-hybridized carbons (Fsp3) is 0.474. The van der Waals surface area contributed by atoms with Crippen LogP contribution in [0.5, 0.6) is 0 Å². The first-order valence-corrected chi connectivity index (χ1v) is 10.1. The first-order chi connectivity index (χ1) is 13.1. The van der Waals surface area contributed by atoms with Crippen molar-refractivity contribution in [2.45, 2.75) is 42.8 Å². The lowest BCUT2D eigenvalue weighted by Gasteiger charge is -2.19. The number of esters is 1. The Balaban J connectivity index is 1.47. The molecule has 0 aliphatic heterocycles. The zero-order chi connectivity index (χ0) is 19.0. The number of anilines is 1. The summed E-state index contributed by atoms with van der Waals surface area (Å²) < 4.78 is 7.05. The van der Waals surface area contributed by atoms with Gasteiger partial charge in [-0.05, 0) is 37.8 Å². The highest BCUT2D eigenvalue weighted by molar-refractivity contribution is 7.99. The summed E-state index contributed by atoms with van der Waals surface area (Å²) in [5.41, 5.74) is 0.912. The van der Waals surface area contributed by atoms with Gasteiger partial charge in [-0.2, -0.15) is 0 Å². The predicted molar refractivity (Wildman–Crippen MR) is 102 cm³/mol. The van der Waals surface area contributed by atoms with E-state index in [-0.39, 0.29) is 11.7 Å².